The number of hydrogen-bond donors (Lipinski definition) is 0. The van der Waals surface area contributed by atoms with Gasteiger partial charge in [-0.15, -0.1) is 0 Å². The molecule has 1 saturated heterocycles. The summed E-state index contributed by atoms with van der Waals surface area (Å²) in [6.07, 6.45) is 4.16. The van der Waals surface area contributed by atoms with E-state index in [0.717, 1.165) is 30.3 Å². The first kappa shape index (κ1) is 23.4. The Kier molecular flexibility index (Phi) is 6.19. The van der Waals surface area contributed by atoms with Crippen LogP contribution >= 0.6 is 0 Å². The molecule has 0 spiro atoms. The van der Waals surface area contributed by atoms with Gasteiger partial charge in [0.25, 0.3) is 29.1 Å². The number of non-ortho nitro benzene ring substituents is 2. The molecule has 0 unspecified atom stereocenters. The number of imide groups is 1. The highest BCUT2D eigenvalue weighted by Crippen LogP contribution is 2.36. The van der Waals surface area contributed by atoms with Crippen molar-refractivity contribution in [2.45, 2.75) is 12.8 Å². The molecule has 3 amide bonds. The Bertz CT molecular complexity index is 1260. The molecule has 2 aliphatic rings. The molecule has 0 aromatic heterocycles. The fraction of sp³-hybridized carbons (Fsp3) is 0.217. The van der Waals surface area contributed by atoms with E-state index in [-0.39, 0.29) is 22.5 Å². The van der Waals surface area contributed by atoms with Gasteiger partial charge in [0, 0.05) is 35.4 Å². The van der Waals surface area contributed by atoms with E-state index >= 15 is 0 Å². The first-order chi connectivity index (χ1) is 16.7. The Morgan fingerprint density at radius 3 is 1.97 bits per heavy atom. The zero-order valence-corrected chi connectivity index (χ0v) is 18.1. The SMILES string of the molecule is O=C(CN(C(=O)c1ccc([N+](=O)[O-])cc1)N1C(=O)[C@H]2CC=CC[C@@H]2C1=O)c1cccc([N+](=O)[O-])c1. The van der Waals surface area contributed by atoms with Gasteiger partial charge in [0.15, 0.2) is 5.78 Å². The van der Waals surface area contributed by atoms with E-state index in [1.54, 1.807) is 12.2 Å². The van der Waals surface area contributed by atoms with Gasteiger partial charge in [-0.2, -0.15) is 5.01 Å². The van der Waals surface area contributed by atoms with Crippen molar-refractivity contribution in [3.8, 4) is 0 Å². The normalized spacial score (nSPS) is 18.8. The van der Waals surface area contributed by atoms with Crippen molar-refractivity contribution in [2.24, 2.45) is 11.8 Å². The van der Waals surface area contributed by atoms with Crippen molar-refractivity contribution < 1.29 is 29.0 Å². The van der Waals surface area contributed by atoms with Gasteiger partial charge < -0.3 is 0 Å². The fourth-order valence-corrected chi connectivity index (χ4v) is 4.15. The second-order valence-electron chi connectivity index (χ2n) is 8.04. The maximum Gasteiger partial charge on any atom is 0.273 e. The number of carbonyl (C=O) groups is 4. The summed E-state index contributed by atoms with van der Waals surface area (Å²) >= 11 is 0. The van der Waals surface area contributed by atoms with Crippen LogP contribution in [0.25, 0.3) is 0 Å². The molecule has 2 aromatic carbocycles. The maximum absolute atomic E-state index is 13.4. The number of rotatable bonds is 7. The predicted molar refractivity (Wildman–Crippen MR) is 119 cm³/mol. The van der Waals surface area contributed by atoms with Crippen molar-refractivity contribution in [2.75, 3.05) is 6.54 Å². The molecule has 1 fully saturated rings. The number of nitro benzene ring substituents is 2. The standard InChI is InChI=1S/C23H18N4O8/c28-20(15-4-3-5-17(12-15)27(34)35)13-24(21(29)14-8-10-16(11-9-14)26(32)33)25-22(30)18-6-1-2-7-19(18)23(25)31/h1-5,8-12,18-19H,6-7,13H2/t18-,19-/m0/s1. The van der Waals surface area contributed by atoms with Gasteiger partial charge in [-0.05, 0) is 25.0 Å². The molecule has 4 rings (SSSR count). The molecule has 1 aliphatic heterocycles. The Morgan fingerprint density at radius 2 is 1.43 bits per heavy atom. The lowest BCUT2D eigenvalue weighted by Crippen LogP contribution is -2.52. The van der Waals surface area contributed by atoms with E-state index in [1.807, 2.05) is 0 Å². The van der Waals surface area contributed by atoms with Crippen LogP contribution in [0.3, 0.4) is 0 Å². The smallest absolute Gasteiger partial charge is 0.273 e. The van der Waals surface area contributed by atoms with Gasteiger partial charge in [0.1, 0.15) is 6.54 Å². The highest BCUT2D eigenvalue weighted by molar-refractivity contribution is 6.09. The highest BCUT2D eigenvalue weighted by Gasteiger charge is 2.51. The maximum atomic E-state index is 13.4. The van der Waals surface area contributed by atoms with Crippen LogP contribution in [0.1, 0.15) is 33.6 Å². The van der Waals surface area contributed by atoms with E-state index in [0.29, 0.717) is 22.9 Å². The van der Waals surface area contributed by atoms with Crippen LogP contribution in [0.5, 0.6) is 0 Å². The first-order valence-electron chi connectivity index (χ1n) is 10.6. The number of ketones is 1. The summed E-state index contributed by atoms with van der Waals surface area (Å²) in [5.41, 5.74) is -0.782. The number of benzene rings is 2. The molecule has 2 atom stereocenters. The minimum atomic E-state index is -0.896. The van der Waals surface area contributed by atoms with Crippen molar-refractivity contribution in [1.82, 2.24) is 10.0 Å². The predicted octanol–water partition coefficient (Wildman–Crippen LogP) is 2.69. The number of allylic oxidation sites excluding steroid dienone is 2. The number of hydrogen-bond acceptors (Lipinski definition) is 8. The number of fused-ring (bicyclic) bond motifs is 1. The summed E-state index contributed by atoms with van der Waals surface area (Å²) in [6.45, 7) is -0.749. The number of amides is 3. The Morgan fingerprint density at radius 1 is 0.857 bits per heavy atom. The molecule has 0 N–H and O–H groups in total. The topological polar surface area (TPSA) is 161 Å². The van der Waals surface area contributed by atoms with Gasteiger partial charge in [-0.1, -0.05) is 24.3 Å². The molecule has 12 nitrogen and oxygen atoms in total. The molecule has 2 aromatic rings. The molecule has 12 heteroatoms. The summed E-state index contributed by atoms with van der Waals surface area (Å²) in [5, 5.41) is 23.4. The number of nitro groups is 2. The largest absolute Gasteiger partial charge is 0.292 e. The second kappa shape index (κ2) is 9.25. The summed E-state index contributed by atoms with van der Waals surface area (Å²) < 4.78 is 0. The summed E-state index contributed by atoms with van der Waals surface area (Å²) in [6, 6.07) is 9.35. The molecule has 0 radical (unpaired) electrons. The number of Topliss-reactive ketones (excluding diaryl/α,β-unsaturated/α-hetero) is 1. The molecule has 1 aliphatic carbocycles. The first-order valence-corrected chi connectivity index (χ1v) is 10.6. The summed E-state index contributed by atoms with van der Waals surface area (Å²) in [4.78, 5) is 73.4. The quantitative estimate of drug-likeness (QED) is 0.193. The van der Waals surface area contributed by atoms with E-state index in [1.165, 1.54) is 18.2 Å². The van der Waals surface area contributed by atoms with Crippen LogP contribution in [0.15, 0.2) is 60.7 Å². The van der Waals surface area contributed by atoms with E-state index in [4.69, 9.17) is 0 Å². The van der Waals surface area contributed by atoms with Gasteiger partial charge in [0.05, 0.1) is 21.7 Å². The van der Waals surface area contributed by atoms with E-state index in [9.17, 15) is 39.4 Å². The van der Waals surface area contributed by atoms with Crippen molar-refractivity contribution in [1.29, 1.82) is 0 Å². The number of hydrazine groups is 1. The summed E-state index contributed by atoms with van der Waals surface area (Å²) in [5.74, 6) is -4.25. The Hall–Kier alpha value is -4.74. The molecular weight excluding hydrogens is 460 g/mol. The van der Waals surface area contributed by atoms with Crippen LogP contribution in [0.2, 0.25) is 0 Å². The Balaban J connectivity index is 1.70. The van der Waals surface area contributed by atoms with Crippen molar-refractivity contribution in [3.63, 3.8) is 0 Å². The van der Waals surface area contributed by atoms with Crippen molar-refractivity contribution in [3.05, 3.63) is 92.0 Å². The zero-order chi connectivity index (χ0) is 25.3. The average molecular weight is 478 g/mol. The Labute approximate surface area is 197 Å². The lowest BCUT2D eigenvalue weighted by molar-refractivity contribution is -0.385. The molecule has 0 bridgehead atoms. The van der Waals surface area contributed by atoms with Crippen LogP contribution in [0.4, 0.5) is 11.4 Å². The zero-order valence-electron chi connectivity index (χ0n) is 18.1. The van der Waals surface area contributed by atoms with Gasteiger partial charge >= 0.3 is 0 Å². The van der Waals surface area contributed by atoms with Crippen LogP contribution < -0.4 is 0 Å². The van der Waals surface area contributed by atoms with Gasteiger partial charge in [-0.3, -0.25) is 39.4 Å². The summed E-state index contributed by atoms with van der Waals surface area (Å²) in [7, 11) is 0. The molecule has 35 heavy (non-hydrogen) atoms. The monoisotopic (exact) mass is 478 g/mol. The van der Waals surface area contributed by atoms with Crippen molar-refractivity contribution >= 4 is 34.9 Å². The lowest BCUT2D eigenvalue weighted by atomic mass is 9.85. The number of nitrogens with zero attached hydrogens (tertiary/aromatic N) is 4. The van der Waals surface area contributed by atoms with E-state index < -0.39 is 51.7 Å². The average Bonchev–Trinajstić information content (AvgIpc) is 3.12. The highest BCUT2D eigenvalue weighted by atomic mass is 16.6. The second-order valence-corrected chi connectivity index (χ2v) is 8.04. The molecule has 178 valence electrons. The molecular formula is C23H18N4O8. The van der Waals surface area contributed by atoms with Gasteiger partial charge in [-0.25, -0.2) is 5.01 Å². The fourth-order valence-electron chi connectivity index (χ4n) is 4.15. The minimum Gasteiger partial charge on any atom is -0.292 e. The van der Waals surface area contributed by atoms with Crippen LogP contribution in [-0.2, 0) is 9.59 Å². The van der Waals surface area contributed by atoms with E-state index in [2.05, 4.69) is 0 Å². The molecule has 1 heterocycles. The molecule has 0 saturated carbocycles. The van der Waals surface area contributed by atoms with Crippen LogP contribution in [0, 0.1) is 32.1 Å². The minimum absolute atomic E-state index is 0.0844. The third-order valence-corrected chi connectivity index (χ3v) is 5.96. The number of carbonyl (C=O) groups excluding carboxylic acids is 4. The van der Waals surface area contributed by atoms with Gasteiger partial charge in [0.2, 0.25) is 0 Å². The lowest BCUT2D eigenvalue weighted by Gasteiger charge is -2.30. The van der Waals surface area contributed by atoms with Crippen LogP contribution in [-0.4, -0.2) is 49.9 Å². The third-order valence-electron chi connectivity index (χ3n) is 5.96. The third kappa shape index (κ3) is 4.40.